The number of carbonyl (C=O) groups excluding carboxylic acids is 2. The van der Waals surface area contributed by atoms with Crippen molar-refractivity contribution in [3.05, 3.63) is 47.0 Å². The van der Waals surface area contributed by atoms with Gasteiger partial charge in [-0.15, -0.1) is 0 Å². The van der Waals surface area contributed by atoms with Gasteiger partial charge in [0.05, 0.1) is 5.56 Å². The van der Waals surface area contributed by atoms with Gasteiger partial charge in [-0.3, -0.25) is 9.59 Å². The third-order valence-electron chi connectivity index (χ3n) is 3.97. The zero-order chi connectivity index (χ0) is 16.4. The number of benzene rings is 2. The lowest BCUT2D eigenvalue weighted by Gasteiger charge is -2.31. The van der Waals surface area contributed by atoms with Crippen LogP contribution in [0.2, 0.25) is 0 Å². The Hall–Kier alpha value is -2.16. The Kier molecular flexibility index (Phi) is 4.65. The van der Waals surface area contributed by atoms with Gasteiger partial charge in [0, 0.05) is 17.6 Å². The van der Waals surface area contributed by atoms with E-state index in [0.717, 1.165) is 22.6 Å². The Morgan fingerprint density at radius 1 is 1.05 bits per heavy atom. The number of amides is 1. The fourth-order valence-corrected chi connectivity index (χ4v) is 3.11. The molecule has 0 unspecified atom stereocenters. The molecule has 0 N–H and O–H groups in total. The largest absolute Gasteiger partial charge is 0.334 e. The van der Waals surface area contributed by atoms with E-state index in [2.05, 4.69) is 0 Å². The Labute approximate surface area is 131 Å². The SMILES string of the molecule is Cc1cc(C=O)c(C(=O)N(C(C)C)C(C)C)c2ccccc12. The summed E-state index contributed by atoms with van der Waals surface area (Å²) in [6.07, 6.45) is 0.783. The molecule has 3 heteroatoms. The predicted molar refractivity (Wildman–Crippen MR) is 90.5 cm³/mol. The van der Waals surface area contributed by atoms with E-state index >= 15 is 0 Å². The molecule has 0 atom stereocenters. The molecule has 0 aliphatic carbocycles. The van der Waals surface area contributed by atoms with E-state index in [9.17, 15) is 9.59 Å². The van der Waals surface area contributed by atoms with Crippen LogP contribution in [0.4, 0.5) is 0 Å². The van der Waals surface area contributed by atoms with Crippen molar-refractivity contribution in [2.45, 2.75) is 46.7 Å². The summed E-state index contributed by atoms with van der Waals surface area (Å²) in [7, 11) is 0. The maximum Gasteiger partial charge on any atom is 0.255 e. The fourth-order valence-electron chi connectivity index (χ4n) is 3.11. The summed E-state index contributed by atoms with van der Waals surface area (Å²) < 4.78 is 0. The Morgan fingerprint density at radius 3 is 2.09 bits per heavy atom. The second-order valence-corrected chi connectivity index (χ2v) is 6.22. The van der Waals surface area contributed by atoms with Crippen molar-refractivity contribution in [3.63, 3.8) is 0 Å². The van der Waals surface area contributed by atoms with Crippen LogP contribution in [0, 0.1) is 6.92 Å². The zero-order valence-electron chi connectivity index (χ0n) is 13.9. The van der Waals surface area contributed by atoms with Crippen molar-refractivity contribution in [3.8, 4) is 0 Å². The van der Waals surface area contributed by atoms with Gasteiger partial charge in [0.1, 0.15) is 0 Å². The van der Waals surface area contributed by atoms with Crippen molar-refractivity contribution in [1.29, 1.82) is 0 Å². The van der Waals surface area contributed by atoms with Crippen LogP contribution in [0.15, 0.2) is 30.3 Å². The predicted octanol–water partition coefficient (Wildman–Crippen LogP) is 4.22. The van der Waals surface area contributed by atoms with E-state index in [4.69, 9.17) is 0 Å². The standard InChI is InChI=1S/C19H23NO2/c1-12(2)20(13(3)4)19(22)18-15(11-21)10-14(5)16-8-6-7-9-17(16)18/h6-13H,1-5H3. The zero-order valence-corrected chi connectivity index (χ0v) is 13.9. The lowest BCUT2D eigenvalue weighted by molar-refractivity contribution is 0.0643. The number of aldehydes is 1. The molecule has 0 radical (unpaired) electrons. The molecule has 0 saturated carbocycles. The average molecular weight is 297 g/mol. The summed E-state index contributed by atoms with van der Waals surface area (Å²) in [6.45, 7) is 9.94. The van der Waals surface area contributed by atoms with Crippen molar-refractivity contribution >= 4 is 23.0 Å². The van der Waals surface area contributed by atoms with Crippen LogP contribution in [-0.4, -0.2) is 29.2 Å². The van der Waals surface area contributed by atoms with Gasteiger partial charge in [-0.1, -0.05) is 24.3 Å². The molecular formula is C19H23NO2. The third kappa shape index (κ3) is 2.76. The molecule has 2 rings (SSSR count). The highest BCUT2D eigenvalue weighted by molar-refractivity contribution is 6.13. The Morgan fingerprint density at radius 2 is 1.59 bits per heavy atom. The van der Waals surface area contributed by atoms with Crippen molar-refractivity contribution in [1.82, 2.24) is 4.90 Å². The number of fused-ring (bicyclic) bond motifs is 1. The summed E-state index contributed by atoms with van der Waals surface area (Å²) in [5.41, 5.74) is 1.99. The van der Waals surface area contributed by atoms with E-state index in [1.165, 1.54) is 0 Å². The smallest absolute Gasteiger partial charge is 0.255 e. The number of nitrogens with zero attached hydrogens (tertiary/aromatic N) is 1. The molecule has 3 nitrogen and oxygen atoms in total. The lowest BCUT2D eigenvalue weighted by Crippen LogP contribution is -2.42. The van der Waals surface area contributed by atoms with Crippen LogP contribution in [0.5, 0.6) is 0 Å². The summed E-state index contributed by atoms with van der Waals surface area (Å²) in [5.74, 6) is -0.0803. The lowest BCUT2D eigenvalue weighted by atomic mass is 9.94. The van der Waals surface area contributed by atoms with Crippen LogP contribution in [0.3, 0.4) is 0 Å². The maximum atomic E-state index is 13.1. The van der Waals surface area contributed by atoms with Gasteiger partial charge in [0.25, 0.3) is 5.91 Å². The van der Waals surface area contributed by atoms with Gasteiger partial charge >= 0.3 is 0 Å². The molecular weight excluding hydrogens is 274 g/mol. The van der Waals surface area contributed by atoms with Gasteiger partial charge in [0.15, 0.2) is 6.29 Å². The molecule has 2 aromatic carbocycles. The molecule has 0 fully saturated rings. The molecule has 0 aliphatic rings. The van der Waals surface area contributed by atoms with Crippen LogP contribution in [-0.2, 0) is 0 Å². The molecule has 1 amide bonds. The van der Waals surface area contributed by atoms with Crippen LogP contribution >= 0.6 is 0 Å². The van der Waals surface area contributed by atoms with E-state index < -0.39 is 0 Å². The topological polar surface area (TPSA) is 37.4 Å². The van der Waals surface area contributed by atoms with Gasteiger partial charge in [-0.05, 0) is 57.0 Å². The van der Waals surface area contributed by atoms with Crippen LogP contribution < -0.4 is 0 Å². The maximum absolute atomic E-state index is 13.1. The highest BCUT2D eigenvalue weighted by Crippen LogP contribution is 2.27. The number of carbonyl (C=O) groups is 2. The number of hydrogen-bond acceptors (Lipinski definition) is 2. The van der Waals surface area contributed by atoms with Gasteiger partial charge in [-0.25, -0.2) is 0 Å². The van der Waals surface area contributed by atoms with Crippen molar-refractivity contribution < 1.29 is 9.59 Å². The minimum atomic E-state index is -0.0803. The molecule has 0 heterocycles. The molecule has 0 aromatic heterocycles. The monoisotopic (exact) mass is 297 g/mol. The first kappa shape index (κ1) is 16.2. The Balaban J connectivity index is 2.75. The quantitative estimate of drug-likeness (QED) is 0.792. The second kappa shape index (κ2) is 6.30. The number of aryl methyl sites for hydroxylation is 1. The highest BCUT2D eigenvalue weighted by Gasteiger charge is 2.25. The van der Waals surface area contributed by atoms with E-state index in [0.29, 0.717) is 11.1 Å². The van der Waals surface area contributed by atoms with Crippen molar-refractivity contribution in [2.24, 2.45) is 0 Å². The molecule has 22 heavy (non-hydrogen) atoms. The molecule has 116 valence electrons. The summed E-state index contributed by atoms with van der Waals surface area (Å²) >= 11 is 0. The van der Waals surface area contributed by atoms with Crippen molar-refractivity contribution in [2.75, 3.05) is 0 Å². The molecule has 0 spiro atoms. The molecule has 0 bridgehead atoms. The van der Waals surface area contributed by atoms with Gasteiger partial charge in [0.2, 0.25) is 0 Å². The first-order chi connectivity index (χ1) is 10.4. The Bertz CT molecular complexity index is 709. The minimum Gasteiger partial charge on any atom is -0.334 e. The minimum absolute atomic E-state index is 0.0760. The first-order valence-electron chi connectivity index (χ1n) is 7.68. The summed E-state index contributed by atoms with van der Waals surface area (Å²) in [6, 6.07) is 9.72. The normalized spacial score (nSPS) is 11.2. The number of rotatable bonds is 4. The highest BCUT2D eigenvalue weighted by atomic mass is 16.2. The average Bonchev–Trinajstić information content (AvgIpc) is 2.46. The second-order valence-electron chi connectivity index (χ2n) is 6.22. The van der Waals surface area contributed by atoms with Gasteiger partial charge < -0.3 is 4.90 Å². The first-order valence-corrected chi connectivity index (χ1v) is 7.68. The van der Waals surface area contributed by atoms with E-state index in [-0.39, 0.29) is 18.0 Å². The molecule has 0 saturated heterocycles. The summed E-state index contributed by atoms with van der Waals surface area (Å²) in [5, 5.41) is 1.87. The third-order valence-corrected chi connectivity index (χ3v) is 3.97. The van der Waals surface area contributed by atoms with Crippen LogP contribution in [0.1, 0.15) is 54.0 Å². The van der Waals surface area contributed by atoms with Crippen LogP contribution in [0.25, 0.3) is 10.8 Å². The van der Waals surface area contributed by atoms with Gasteiger partial charge in [-0.2, -0.15) is 0 Å². The fraction of sp³-hybridized carbons (Fsp3) is 0.368. The molecule has 2 aromatic rings. The molecule has 0 aliphatic heterocycles. The van der Waals surface area contributed by atoms with E-state index in [1.54, 1.807) is 6.07 Å². The van der Waals surface area contributed by atoms with E-state index in [1.807, 2.05) is 63.8 Å². The summed E-state index contributed by atoms with van der Waals surface area (Å²) in [4.78, 5) is 26.4. The number of hydrogen-bond donors (Lipinski definition) is 0.